The molecule has 4 heteroatoms. The molecular formula is C26H46O2SiSn. The van der Waals surface area contributed by atoms with Crippen molar-refractivity contribution in [2.24, 2.45) is 0 Å². The molecular weight excluding hydrogens is 491 g/mol. The molecule has 1 aromatic rings. The van der Waals surface area contributed by atoms with Gasteiger partial charge in [0.15, 0.2) is 0 Å². The van der Waals surface area contributed by atoms with E-state index >= 15 is 0 Å². The van der Waals surface area contributed by atoms with Crippen molar-refractivity contribution in [1.29, 1.82) is 0 Å². The Kier molecular flexibility index (Phi) is 12.0. The first-order valence-corrected chi connectivity index (χ1v) is 23.3. The van der Waals surface area contributed by atoms with Crippen LogP contribution < -0.4 is 0 Å². The molecule has 0 radical (unpaired) electrons. The van der Waals surface area contributed by atoms with Crippen LogP contribution in [0.15, 0.2) is 23.9 Å². The van der Waals surface area contributed by atoms with Crippen LogP contribution in [-0.4, -0.2) is 37.5 Å². The van der Waals surface area contributed by atoms with Crippen LogP contribution in [0.25, 0.3) is 3.59 Å². The van der Waals surface area contributed by atoms with Gasteiger partial charge in [-0.1, -0.05) is 0 Å². The third-order valence-corrected chi connectivity index (χ3v) is 23.9. The minimum absolute atomic E-state index is 0.477. The summed E-state index contributed by atoms with van der Waals surface area (Å²) in [5.41, 5.74) is 5.55. The van der Waals surface area contributed by atoms with Crippen molar-refractivity contribution < 1.29 is 9.90 Å². The quantitative estimate of drug-likeness (QED) is 0.241. The van der Waals surface area contributed by atoms with Crippen LogP contribution in [0, 0.1) is 0 Å². The van der Waals surface area contributed by atoms with E-state index in [1.165, 1.54) is 57.4 Å². The van der Waals surface area contributed by atoms with Crippen molar-refractivity contribution in [1.82, 2.24) is 0 Å². The normalized spacial score (nSPS) is 13.0. The molecule has 0 spiro atoms. The Labute approximate surface area is 191 Å². The topological polar surface area (TPSA) is 37.3 Å². The van der Waals surface area contributed by atoms with Gasteiger partial charge >= 0.3 is 192 Å². The van der Waals surface area contributed by atoms with Gasteiger partial charge in [0.1, 0.15) is 0 Å². The zero-order valence-corrected chi connectivity index (χ0v) is 24.6. The standard InChI is InChI=1S/C14H19O2Si.3C4H9.Sn/c1-5-12-10-11(8-9-17(2,3)4)6-7-13(12)14(15)16;3*1-3-4-2;/h6-7,9-10H,5H2,1-4H3,(H,15,16);3*1,3-4H2,2H3;. The van der Waals surface area contributed by atoms with Gasteiger partial charge < -0.3 is 0 Å². The summed E-state index contributed by atoms with van der Waals surface area (Å²) in [6, 6.07) is 6.26. The van der Waals surface area contributed by atoms with E-state index < -0.39 is 32.4 Å². The first-order chi connectivity index (χ1) is 14.1. The number of unbranched alkanes of at least 4 members (excludes halogenated alkanes) is 3. The van der Waals surface area contributed by atoms with Crippen molar-refractivity contribution >= 4 is 36.0 Å². The summed E-state index contributed by atoms with van der Waals surface area (Å²) in [6.07, 6.45) is 8.64. The number of aryl methyl sites for hydroxylation is 1. The first kappa shape index (κ1) is 27.5. The van der Waals surface area contributed by atoms with Crippen LogP contribution >= 0.6 is 0 Å². The first-order valence-electron chi connectivity index (χ1n) is 12.2. The Morgan fingerprint density at radius 1 is 0.933 bits per heavy atom. The molecule has 1 rings (SSSR count). The SMILES string of the molecule is CCC[CH2][Sn]([CH2]CCC)([CH2]CCC)/[C](=C/[Si](C)(C)C)c1ccc(C(=O)O)c(CC)c1. The van der Waals surface area contributed by atoms with E-state index in [1.807, 2.05) is 6.07 Å². The van der Waals surface area contributed by atoms with Gasteiger partial charge in [0.05, 0.1) is 0 Å². The van der Waals surface area contributed by atoms with Gasteiger partial charge in [0.25, 0.3) is 0 Å². The number of benzene rings is 1. The van der Waals surface area contributed by atoms with Crippen molar-refractivity contribution in [3.63, 3.8) is 0 Å². The molecule has 0 unspecified atom stereocenters. The van der Waals surface area contributed by atoms with Gasteiger partial charge in [-0.05, 0) is 0 Å². The summed E-state index contributed by atoms with van der Waals surface area (Å²) in [5, 5.41) is 9.63. The predicted octanol–water partition coefficient (Wildman–Crippen LogP) is 8.60. The van der Waals surface area contributed by atoms with E-state index in [-0.39, 0.29) is 0 Å². The Hall–Kier alpha value is -0.554. The van der Waals surface area contributed by atoms with Gasteiger partial charge in [-0.15, -0.1) is 0 Å². The Bertz CT molecular complexity index is 682. The molecule has 2 nitrogen and oxygen atoms in total. The van der Waals surface area contributed by atoms with Crippen LogP contribution in [0.4, 0.5) is 0 Å². The van der Waals surface area contributed by atoms with Crippen molar-refractivity contribution in [2.45, 2.75) is 106 Å². The van der Waals surface area contributed by atoms with Crippen molar-refractivity contribution in [2.75, 3.05) is 0 Å². The van der Waals surface area contributed by atoms with Crippen LogP contribution in [0.2, 0.25) is 33.0 Å². The summed E-state index contributed by atoms with van der Waals surface area (Å²) in [4.78, 5) is 11.7. The van der Waals surface area contributed by atoms with E-state index in [0.29, 0.717) is 5.56 Å². The van der Waals surface area contributed by atoms with E-state index in [4.69, 9.17) is 0 Å². The number of carboxylic acids is 1. The maximum absolute atomic E-state index is 11.7. The van der Waals surface area contributed by atoms with Crippen molar-refractivity contribution in [3.8, 4) is 0 Å². The van der Waals surface area contributed by atoms with E-state index in [9.17, 15) is 9.90 Å². The molecule has 0 atom stereocenters. The van der Waals surface area contributed by atoms with E-state index in [2.05, 4.69) is 65.2 Å². The number of carboxylic acid groups (broad SMARTS) is 1. The van der Waals surface area contributed by atoms with E-state index in [0.717, 1.165) is 12.0 Å². The average molecular weight is 537 g/mol. The molecule has 170 valence electrons. The molecule has 1 N–H and O–H groups in total. The molecule has 0 aliphatic carbocycles. The molecule has 0 aliphatic heterocycles. The van der Waals surface area contributed by atoms with Gasteiger partial charge in [-0.25, -0.2) is 0 Å². The summed E-state index contributed by atoms with van der Waals surface area (Å²) in [7, 11) is -1.42. The average Bonchev–Trinajstić information content (AvgIpc) is 2.70. The van der Waals surface area contributed by atoms with Gasteiger partial charge in [0, 0.05) is 0 Å². The summed E-state index contributed by atoms with van der Waals surface area (Å²) in [5.74, 6) is -0.799. The summed E-state index contributed by atoms with van der Waals surface area (Å²) >= 11 is -2.63. The van der Waals surface area contributed by atoms with Gasteiger partial charge in [0.2, 0.25) is 0 Å². The fourth-order valence-corrected chi connectivity index (χ4v) is 27.7. The van der Waals surface area contributed by atoms with Crippen LogP contribution in [0.1, 0.15) is 87.7 Å². The number of hydrogen-bond donors (Lipinski definition) is 1. The van der Waals surface area contributed by atoms with Crippen LogP contribution in [0.5, 0.6) is 0 Å². The van der Waals surface area contributed by atoms with Crippen LogP contribution in [-0.2, 0) is 6.42 Å². The monoisotopic (exact) mass is 538 g/mol. The molecule has 0 aliphatic rings. The second-order valence-corrected chi connectivity index (χ2v) is 28.2. The van der Waals surface area contributed by atoms with Crippen molar-refractivity contribution in [3.05, 3.63) is 40.6 Å². The van der Waals surface area contributed by atoms with Gasteiger partial charge in [-0.2, -0.15) is 0 Å². The molecule has 0 amide bonds. The minimum atomic E-state index is -2.63. The molecule has 0 saturated heterocycles. The molecule has 0 heterocycles. The molecule has 30 heavy (non-hydrogen) atoms. The third kappa shape index (κ3) is 8.18. The Morgan fingerprint density at radius 3 is 1.80 bits per heavy atom. The molecule has 1 aromatic carbocycles. The molecule has 0 bridgehead atoms. The third-order valence-electron chi connectivity index (χ3n) is 6.20. The second-order valence-electron chi connectivity index (χ2n) is 10.0. The fourth-order valence-electron chi connectivity index (χ4n) is 4.56. The zero-order valence-electron chi connectivity index (χ0n) is 20.7. The predicted molar refractivity (Wildman–Crippen MR) is 139 cm³/mol. The summed E-state index contributed by atoms with van der Waals surface area (Å²) < 4.78 is 6.07. The maximum atomic E-state index is 11.7. The van der Waals surface area contributed by atoms with Gasteiger partial charge in [-0.3, -0.25) is 0 Å². The Morgan fingerprint density at radius 2 is 1.43 bits per heavy atom. The second kappa shape index (κ2) is 13.1. The number of rotatable bonds is 14. The molecule has 0 fully saturated rings. The fraction of sp³-hybridized carbons (Fsp3) is 0.654. The zero-order chi connectivity index (χ0) is 22.8. The summed E-state index contributed by atoms with van der Waals surface area (Å²) in [6.45, 7) is 16.4. The molecule has 0 aromatic heterocycles. The van der Waals surface area contributed by atoms with Crippen LogP contribution in [0.3, 0.4) is 0 Å². The Balaban J connectivity index is 3.72. The number of aromatic carboxylic acids is 1. The molecule has 0 saturated carbocycles. The van der Waals surface area contributed by atoms with E-state index in [1.54, 1.807) is 3.59 Å². The number of carbonyl (C=O) groups is 1. The number of hydrogen-bond acceptors (Lipinski definition) is 1.